The first-order valence-corrected chi connectivity index (χ1v) is 7.11. The van der Waals surface area contributed by atoms with Gasteiger partial charge in [0.25, 0.3) is 0 Å². The fourth-order valence-electron chi connectivity index (χ4n) is 2.30. The summed E-state index contributed by atoms with van der Waals surface area (Å²) in [5.74, 6) is -0.669. The highest BCUT2D eigenvalue weighted by atomic mass is 16.4. The summed E-state index contributed by atoms with van der Waals surface area (Å²) in [5.41, 5.74) is 0.123. The van der Waals surface area contributed by atoms with Gasteiger partial charge in [0, 0.05) is 18.2 Å². The van der Waals surface area contributed by atoms with Crippen LogP contribution in [0.25, 0.3) is 11.0 Å². The predicted octanol–water partition coefficient (Wildman–Crippen LogP) is 1.97. The van der Waals surface area contributed by atoms with Crippen molar-refractivity contribution >= 4 is 16.9 Å². The number of carbonyl (C=O) groups excluding carboxylic acids is 1. The minimum Gasteiger partial charge on any atom is -0.508 e. The summed E-state index contributed by atoms with van der Waals surface area (Å²) in [7, 11) is 0. The topological polar surface area (TPSA) is 99.8 Å². The third-order valence-corrected chi connectivity index (χ3v) is 3.70. The Hall–Kier alpha value is -2.50. The SMILES string of the molecule is CC[C@@H](C)NC(=O)Cc1c(C)c2c(O)cc(O)cc2oc1=O. The highest BCUT2D eigenvalue weighted by Crippen LogP contribution is 2.32. The first-order chi connectivity index (χ1) is 10.3. The van der Waals surface area contributed by atoms with E-state index in [1.165, 1.54) is 12.1 Å². The van der Waals surface area contributed by atoms with Gasteiger partial charge in [0.2, 0.25) is 5.91 Å². The van der Waals surface area contributed by atoms with Crippen LogP contribution in [-0.4, -0.2) is 22.2 Å². The zero-order chi connectivity index (χ0) is 16.4. The van der Waals surface area contributed by atoms with Crippen molar-refractivity contribution in [3.8, 4) is 11.5 Å². The predicted molar refractivity (Wildman–Crippen MR) is 82.2 cm³/mol. The summed E-state index contributed by atoms with van der Waals surface area (Å²) >= 11 is 0. The number of rotatable bonds is 4. The summed E-state index contributed by atoms with van der Waals surface area (Å²) in [5, 5.41) is 22.5. The zero-order valence-corrected chi connectivity index (χ0v) is 12.8. The molecule has 0 fully saturated rings. The molecule has 3 N–H and O–H groups in total. The molecule has 2 rings (SSSR count). The molecular weight excluding hydrogens is 286 g/mol. The normalized spacial score (nSPS) is 12.3. The number of aryl methyl sites for hydroxylation is 1. The van der Waals surface area contributed by atoms with Gasteiger partial charge >= 0.3 is 5.63 Å². The summed E-state index contributed by atoms with van der Waals surface area (Å²) in [4.78, 5) is 24.0. The van der Waals surface area contributed by atoms with Crippen molar-refractivity contribution in [1.29, 1.82) is 0 Å². The molecule has 22 heavy (non-hydrogen) atoms. The fraction of sp³-hybridized carbons (Fsp3) is 0.375. The molecule has 6 heteroatoms. The monoisotopic (exact) mass is 305 g/mol. The van der Waals surface area contributed by atoms with Crippen molar-refractivity contribution in [1.82, 2.24) is 5.32 Å². The van der Waals surface area contributed by atoms with Crippen LogP contribution in [0.3, 0.4) is 0 Å². The smallest absolute Gasteiger partial charge is 0.340 e. The van der Waals surface area contributed by atoms with Gasteiger partial charge in [0.1, 0.15) is 17.1 Å². The Bertz CT molecular complexity index is 778. The van der Waals surface area contributed by atoms with Gasteiger partial charge < -0.3 is 19.9 Å². The molecule has 0 spiro atoms. The van der Waals surface area contributed by atoms with Gasteiger partial charge in [-0.3, -0.25) is 4.79 Å². The number of hydrogen-bond donors (Lipinski definition) is 3. The molecule has 118 valence electrons. The lowest BCUT2D eigenvalue weighted by atomic mass is 10.0. The van der Waals surface area contributed by atoms with Crippen molar-refractivity contribution < 1.29 is 19.4 Å². The second kappa shape index (κ2) is 6.09. The van der Waals surface area contributed by atoms with Crippen molar-refractivity contribution in [3.05, 3.63) is 33.7 Å². The number of phenolic OH excluding ortho intramolecular Hbond substituents is 2. The number of benzene rings is 1. The molecule has 0 bridgehead atoms. The van der Waals surface area contributed by atoms with Crippen LogP contribution in [0, 0.1) is 6.92 Å². The standard InChI is InChI=1S/C16H19NO5/c1-4-8(2)17-14(20)7-11-9(3)15-12(19)5-10(18)6-13(15)22-16(11)21/h5-6,8,18-19H,4,7H2,1-3H3,(H,17,20)/t8-/m1/s1. The maximum absolute atomic E-state index is 12.1. The van der Waals surface area contributed by atoms with E-state index < -0.39 is 5.63 Å². The Kier molecular flexibility index (Phi) is 4.40. The second-order valence-corrected chi connectivity index (χ2v) is 5.38. The van der Waals surface area contributed by atoms with Crippen LogP contribution in [0.15, 0.2) is 21.3 Å². The van der Waals surface area contributed by atoms with Crippen LogP contribution in [0.2, 0.25) is 0 Å². The maximum atomic E-state index is 12.1. The summed E-state index contributed by atoms with van der Waals surface area (Å²) < 4.78 is 5.11. The lowest BCUT2D eigenvalue weighted by Gasteiger charge is -2.13. The van der Waals surface area contributed by atoms with Crippen LogP contribution in [-0.2, 0) is 11.2 Å². The van der Waals surface area contributed by atoms with E-state index in [2.05, 4.69) is 5.32 Å². The molecular formula is C16H19NO5. The van der Waals surface area contributed by atoms with Gasteiger partial charge in [0.15, 0.2) is 0 Å². The molecule has 0 radical (unpaired) electrons. The number of fused-ring (bicyclic) bond motifs is 1. The van der Waals surface area contributed by atoms with E-state index in [-0.39, 0.29) is 41.0 Å². The Morgan fingerprint density at radius 3 is 2.68 bits per heavy atom. The van der Waals surface area contributed by atoms with E-state index in [0.717, 1.165) is 6.42 Å². The van der Waals surface area contributed by atoms with Gasteiger partial charge in [-0.05, 0) is 25.8 Å². The van der Waals surface area contributed by atoms with E-state index in [0.29, 0.717) is 10.9 Å². The lowest BCUT2D eigenvalue weighted by Crippen LogP contribution is -2.34. The fourth-order valence-corrected chi connectivity index (χ4v) is 2.30. The van der Waals surface area contributed by atoms with E-state index in [1.54, 1.807) is 6.92 Å². The minimum atomic E-state index is -0.644. The molecule has 0 saturated carbocycles. The first kappa shape index (κ1) is 15.9. The molecule has 2 aromatic rings. The van der Waals surface area contributed by atoms with Gasteiger partial charge in [-0.1, -0.05) is 6.92 Å². The van der Waals surface area contributed by atoms with E-state index in [9.17, 15) is 19.8 Å². The van der Waals surface area contributed by atoms with E-state index in [4.69, 9.17) is 4.42 Å². The zero-order valence-electron chi connectivity index (χ0n) is 12.8. The molecule has 0 saturated heterocycles. The number of phenols is 2. The van der Waals surface area contributed by atoms with Crippen molar-refractivity contribution in [2.75, 3.05) is 0 Å². The Morgan fingerprint density at radius 2 is 2.05 bits per heavy atom. The first-order valence-electron chi connectivity index (χ1n) is 7.11. The molecule has 1 aromatic carbocycles. The molecule has 6 nitrogen and oxygen atoms in total. The van der Waals surface area contributed by atoms with Crippen LogP contribution in [0.1, 0.15) is 31.4 Å². The van der Waals surface area contributed by atoms with Crippen LogP contribution in [0.5, 0.6) is 11.5 Å². The maximum Gasteiger partial charge on any atom is 0.340 e. The van der Waals surface area contributed by atoms with Gasteiger partial charge in [0.05, 0.1) is 17.4 Å². The largest absolute Gasteiger partial charge is 0.508 e. The molecule has 1 heterocycles. The molecule has 1 atom stereocenters. The molecule has 0 unspecified atom stereocenters. The number of aromatic hydroxyl groups is 2. The van der Waals surface area contributed by atoms with E-state index >= 15 is 0 Å². The third kappa shape index (κ3) is 3.05. The minimum absolute atomic E-state index is 0.0191. The van der Waals surface area contributed by atoms with Crippen LogP contribution in [0.4, 0.5) is 0 Å². The number of hydrogen-bond acceptors (Lipinski definition) is 5. The average Bonchev–Trinajstić information content (AvgIpc) is 2.42. The third-order valence-electron chi connectivity index (χ3n) is 3.70. The van der Waals surface area contributed by atoms with E-state index in [1.807, 2.05) is 13.8 Å². The van der Waals surface area contributed by atoms with Gasteiger partial charge in [-0.2, -0.15) is 0 Å². The van der Waals surface area contributed by atoms with Crippen molar-refractivity contribution in [2.24, 2.45) is 0 Å². The lowest BCUT2D eigenvalue weighted by molar-refractivity contribution is -0.121. The number of amides is 1. The molecule has 1 aromatic heterocycles. The molecule has 0 aliphatic carbocycles. The average molecular weight is 305 g/mol. The number of carbonyl (C=O) groups is 1. The summed E-state index contributed by atoms with van der Waals surface area (Å²) in [6, 6.07) is 2.44. The Labute approximate surface area is 127 Å². The second-order valence-electron chi connectivity index (χ2n) is 5.38. The van der Waals surface area contributed by atoms with Crippen LogP contribution >= 0.6 is 0 Å². The molecule has 1 amide bonds. The summed E-state index contributed by atoms with van der Waals surface area (Å²) in [6.45, 7) is 5.47. The van der Waals surface area contributed by atoms with Crippen molar-refractivity contribution in [2.45, 2.75) is 39.7 Å². The van der Waals surface area contributed by atoms with Crippen LogP contribution < -0.4 is 10.9 Å². The molecule has 0 aliphatic rings. The molecule has 0 aliphatic heterocycles. The quantitative estimate of drug-likeness (QED) is 0.750. The highest BCUT2D eigenvalue weighted by Gasteiger charge is 2.18. The summed E-state index contributed by atoms with van der Waals surface area (Å²) in [6.07, 6.45) is 0.672. The van der Waals surface area contributed by atoms with Gasteiger partial charge in [-0.15, -0.1) is 0 Å². The number of nitrogens with one attached hydrogen (secondary N) is 1. The highest BCUT2D eigenvalue weighted by molar-refractivity contribution is 5.90. The van der Waals surface area contributed by atoms with Gasteiger partial charge in [-0.25, -0.2) is 4.79 Å². The Balaban J connectivity index is 2.47. The Morgan fingerprint density at radius 1 is 1.36 bits per heavy atom. The van der Waals surface area contributed by atoms with Crippen molar-refractivity contribution in [3.63, 3.8) is 0 Å².